The standard InChI is InChI=1S/C8H17N3O/c1-3-11(2)6-7-8(12)10-5-4-9-7/h7,9H,3-6H2,1-2H3,(H,10,12). The third-order valence-corrected chi connectivity index (χ3v) is 2.17. The molecule has 1 rings (SSSR count). The van der Waals surface area contributed by atoms with Gasteiger partial charge < -0.3 is 15.5 Å². The van der Waals surface area contributed by atoms with Crippen molar-refractivity contribution in [2.45, 2.75) is 13.0 Å². The Morgan fingerprint density at radius 1 is 1.58 bits per heavy atom. The summed E-state index contributed by atoms with van der Waals surface area (Å²) in [4.78, 5) is 13.4. The number of likely N-dealkylation sites (N-methyl/N-ethyl adjacent to an activating group) is 1. The number of piperazine rings is 1. The van der Waals surface area contributed by atoms with Crippen LogP contribution in [0.4, 0.5) is 0 Å². The second-order valence-corrected chi connectivity index (χ2v) is 3.15. The van der Waals surface area contributed by atoms with Gasteiger partial charge in [-0.1, -0.05) is 6.92 Å². The Balaban J connectivity index is 2.34. The highest BCUT2D eigenvalue weighted by Crippen LogP contribution is 1.92. The van der Waals surface area contributed by atoms with E-state index in [2.05, 4.69) is 22.5 Å². The molecule has 0 radical (unpaired) electrons. The summed E-state index contributed by atoms with van der Waals surface area (Å²) in [6.45, 7) is 5.49. The number of rotatable bonds is 3. The maximum atomic E-state index is 11.2. The molecule has 1 aliphatic rings. The molecular weight excluding hydrogens is 154 g/mol. The lowest BCUT2D eigenvalue weighted by atomic mass is 10.2. The first-order chi connectivity index (χ1) is 5.74. The Morgan fingerprint density at radius 2 is 2.33 bits per heavy atom. The Hall–Kier alpha value is -0.610. The molecule has 1 atom stereocenters. The van der Waals surface area contributed by atoms with Gasteiger partial charge in [-0.2, -0.15) is 0 Å². The van der Waals surface area contributed by atoms with Crippen molar-refractivity contribution in [3.63, 3.8) is 0 Å². The van der Waals surface area contributed by atoms with E-state index in [9.17, 15) is 4.79 Å². The molecule has 0 aromatic carbocycles. The zero-order valence-corrected chi connectivity index (χ0v) is 7.76. The van der Waals surface area contributed by atoms with E-state index in [0.717, 1.165) is 26.2 Å². The average Bonchev–Trinajstić information content (AvgIpc) is 2.09. The Bertz CT molecular complexity index is 160. The third kappa shape index (κ3) is 2.46. The summed E-state index contributed by atoms with van der Waals surface area (Å²) in [5, 5.41) is 6.01. The molecule has 0 aliphatic carbocycles. The molecule has 1 saturated heterocycles. The maximum absolute atomic E-state index is 11.2. The van der Waals surface area contributed by atoms with Crippen molar-refractivity contribution >= 4 is 5.91 Å². The van der Waals surface area contributed by atoms with Crippen LogP contribution in [0, 0.1) is 0 Å². The van der Waals surface area contributed by atoms with Crippen molar-refractivity contribution in [1.82, 2.24) is 15.5 Å². The van der Waals surface area contributed by atoms with Crippen molar-refractivity contribution in [2.24, 2.45) is 0 Å². The first kappa shape index (κ1) is 9.48. The minimum atomic E-state index is -0.0244. The SMILES string of the molecule is CCN(C)CC1NCCNC1=O. The molecule has 4 heteroatoms. The van der Waals surface area contributed by atoms with Gasteiger partial charge in [-0.3, -0.25) is 4.79 Å². The summed E-state index contributed by atoms with van der Waals surface area (Å²) in [6, 6.07) is -0.0244. The smallest absolute Gasteiger partial charge is 0.238 e. The second-order valence-electron chi connectivity index (χ2n) is 3.15. The van der Waals surface area contributed by atoms with Crippen molar-refractivity contribution in [3.8, 4) is 0 Å². The molecule has 2 N–H and O–H groups in total. The average molecular weight is 171 g/mol. The van der Waals surface area contributed by atoms with Gasteiger partial charge in [0.05, 0.1) is 6.04 Å². The highest BCUT2D eigenvalue weighted by atomic mass is 16.2. The molecule has 12 heavy (non-hydrogen) atoms. The van der Waals surface area contributed by atoms with E-state index in [1.165, 1.54) is 0 Å². The number of hydrogen-bond acceptors (Lipinski definition) is 3. The van der Waals surface area contributed by atoms with Crippen LogP contribution in [0.5, 0.6) is 0 Å². The van der Waals surface area contributed by atoms with Crippen molar-refractivity contribution in [3.05, 3.63) is 0 Å². The van der Waals surface area contributed by atoms with E-state index < -0.39 is 0 Å². The van der Waals surface area contributed by atoms with E-state index in [0.29, 0.717) is 0 Å². The topological polar surface area (TPSA) is 44.4 Å². The zero-order chi connectivity index (χ0) is 8.97. The van der Waals surface area contributed by atoms with Crippen LogP contribution >= 0.6 is 0 Å². The van der Waals surface area contributed by atoms with Crippen LogP contribution in [0.25, 0.3) is 0 Å². The van der Waals surface area contributed by atoms with Gasteiger partial charge in [0.1, 0.15) is 0 Å². The van der Waals surface area contributed by atoms with Crippen LogP contribution in [0.1, 0.15) is 6.92 Å². The number of hydrogen-bond donors (Lipinski definition) is 2. The summed E-state index contributed by atoms with van der Waals surface area (Å²) in [5.74, 6) is 0.126. The van der Waals surface area contributed by atoms with Gasteiger partial charge in [0.25, 0.3) is 0 Å². The first-order valence-electron chi connectivity index (χ1n) is 4.43. The highest BCUT2D eigenvalue weighted by Gasteiger charge is 2.21. The number of carbonyl (C=O) groups excluding carboxylic acids is 1. The molecule has 0 aromatic heterocycles. The third-order valence-electron chi connectivity index (χ3n) is 2.17. The molecule has 1 amide bonds. The summed E-state index contributed by atoms with van der Waals surface area (Å²) in [6.07, 6.45) is 0. The molecule has 1 heterocycles. The van der Waals surface area contributed by atoms with E-state index in [-0.39, 0.29) is 11.9 Å². The first-order valence-corrected chi connectivity index (χ1v) is 4.43. The van der Waals surface area contributed by atoms with Gasteiger partial charge in [-0.05, 0) is 13.6 Å². The molecule has 0 spiro atoms. The molecule has 1 fully saturated rings. The van der Waals surface area contributed by atoms with E-state index in [1.807, 2.05) is 7.05 Å². The fourth-order valence-corrected chi connectivity index (χ4v) is 1.24. The Kier molecular flexibility index (Phi) is 3.49. The van der Waals surface area contributed by atoms with Gasteiger partial charge in [-0.15, -0.1) is 0 Å². The number of nitrogens with one attached hydrogen (secondary N) is 2. The molecular formula is C8H17N3O. The number of amides is 1. The normalized spacial score (nSPS) is 24.2. The van der Waals surface area contributed by atoms with Crippen LogP contribution in [-0.4, -0.2) is 50.1 Å². The Morgan fingerprint density at radius 3 is 2.92 bits per heavy atom. The lowest BCUT2D eigenvalue weighted by Crippen LogP contribution is -2.56. The molecule has 4 nitrogen and oxygen atoms in total. The number of carbonyl (C=O) groups is 1. The minimum absolute atomic E-state index is 0.0244. The quantitative estimate of drug-likeness (QED) is 0.574. The van der Waals surface area contributed by atoms with Gasteiger partial charge >= 0.3 is 0 Å². The summed E-state index contributed by atoms with van der Waals surface area (Å²) >= 11 is 0. The second kappa shape index (κ2) is 4.42. The van der Waals surface area contributed by atoms with Gasteiger partial charge in [0, 0.05) is 19.6 Å². The summed E-state index contributed by atoms with van der Waals surface area (Å²) < 4.78 is 0. The van der Waals surface area contributed by atoms with Crippen molar-refractivity contribution < 1.29 is 4.79 Å². The monoisotopic (exact) mass is 171 g/mol. The fraction of sp³-hybridized carbons (Fsp3) is 0.875. The lowest BCUT2D eigenvalue weighted by Gasteiger charge is -2.26. The van der Waals surface area contributed by atoms with Crippen LogP contribution in [0.15, 0.2) is 0 Å². The largest absolute Gasteiger partial charge is 0.353 e. The molecule has 70 valence electrons. The van der Waals surface area contributed by atoms with Crippen LogP contribution in [0.2, 0.25) is 0 Å². The molecule has 0 saturated carbocycles. The van der Waals surface area contributed by atoms with Gasteiger partial charge in [0.15, 0.2) is 0 Å². The predicted molar refractivity (Wildman–Crippen MR) is 48.0 cm³/mol. The van der Waals surface area contributed by atoms with Crippen LogP contribution < -0.4 is 10.6 Å². The minimum Gasteiger partial charge on any atom is -0.353 e. The van der Waals surface area contributed by atoms with Crippen LogP contribution in [0.3, 0.4) is 0 Å². The van der Waals surface area contributed by atoms with Crippen molar-refractivity contribution in [2.75, 3.05) is 33.2 Å². The predicted octanol–water partition coefficient (Wildman–Crippen LogP) is -0.974. The summed E-state index contributed by atoms with van der Waals surface area (Å²) in [5.41, 5.74) is 0. The van der Waals surface area contributed by atoms with Crippen LogP contribution in [-0.2, 0) is 4.79 Å². The fourth-order valence-electron chi connectivity index (χ4n) is 1.24. The molecule has 0 aromatic rings. The summed E-state index contributed by atoms with van der Waals surface area (Å²) in [7, 11) is 2.02. The zero-order valence-electron chi connectivity index (χ0n) is 7.76. The van der Waals surface area contributed by atoms with Crippen molar-refractivity contribution in [1.29, 1.82) is 0 Å². The van der Waals surface area contributed by atoms with E-state index in [1.54, 1.807) is 0 Å². The van der Waals surface area contributed by atoms with E-state index in [4.69, 9.17) is 0 Å². The molecule has 0 bridgehead atoms. The Labute approximate surface area is 73.3 Å². The van der Waals surface area contributed by atoms with Gasteiger partial charge in [0.2, 0.25) is 5.91 Å². The number of nitrogens with zero attached hydrogens (tertiary/aromatic N) is 1. The maximum Gasteiger partial charge on any atom is 0.238 e. The lowest BCUT2D eigenvalue weighted by molar-refractivity contribution is -0.124. The van der Waals surface area contributed by atoms with Gasteiger partial charge in [-0.25, -0.2) is 0 Å². The van der Waals surface area contributed by atoms with E-state index >= 15 is 0 Å². The molecule has 1 unspecified atom stereocenters. The molecule has 1 aliphatic heterocycles. The highest BCUT2D eigenvalue weighted by molar-refractivity contribution is 5.82.